The lowest BCUT2D eigenvalue weighted by Gasteiger charge is -2.27. The van der Waals surface area contributed by atoms with Crippen molar-refractivity contribution in [1.82, 2.24) is 9.80 Å². The predicted octanol–water partition coefficient (Wildman–Crippen LogP) is 5.99. The van der Waals surface area contributed by atoms with E-state index in [9.17, 15) is 9.59 Å². The van der Waals surface area contributed by atoms with Gasteiger partial charge in [0.05, 0.1) is 0 Å². The summed E-state index contributed by atoms with van der Waals surface area (Å²) in [7, 11) is 0. The zero-order valence-electron chi connectivity index (χ0n) is 20.5. The molecule has 4 rings (SSSR count). The molecule has 0 aliphatic rings. The van der Waals surface area contributed by atoms with Gasteiger partial charge in [0.25, 0.3) is 5.91 Å². The van der Waals surface area contributed by atoms with Gasteiger partial charge in [0.15, 0.2) is 0 Å². The smallest absolute Gasteiger partial charge is 0.254 e. The van der Waals surface area contributed by atoms with Crippen LogP contribution in [0.2, 0.25) is 0 Å². The van der Waals surface area contributed by atoms with Crippen LogP contribution in [0.4, 0.5) is 0 Å². The molecule has 0 bridgehead atoms. The molecule has 0 heterocycles. The molecule has 4 heteroatoms. The van der Waals surface area contributed by atoms with E-state index in [-0.39, 0.29) is 18.2 Å². The first kappa shape index (κ1) is 24.9. The first-order chi connectivity index (χ1) is 17.7. The van der Waals surface area contributed by atoms with Crippen LogP contribution < -0.4 is 0 Å². The molecule has 0 saturated carbocycles. The molecule has 4 aromatic carbocycles. The molecule has 0 saturated heterocycles. The van der Waals surface area contributed by atoms with E-state index in [1.165, 1.54) is 5.56 Å². The van der Waals surface area contributed by atoms with E-state index in [2.05, 4.69) is 12.1 Å². The van der Waals surface area contributed by atoms with E-state index in [1.807, 2.05) is 114 Å². The molecular weight excluding hydrogens is 444 g/mol. The van der Waals surface area contributed by atoms with E-state index in [0.29, 0.717) is 31.7 Å². The molecule has 0 N–H and O–H groups in total. The summed E-state index contributed by atoms with van der Waals surface area (Å²) >= 11 is 0. The van der Waals surface area contributed by atoms with Crippen molar-refractivity contribution in [3.8, 4) is 0 Å². The van der Waals surface area contributed by atoms with Crippen molar-refractivity contribution in [2.45, 2.75) is 25.9 Å². The molecular formula is C32H32N2O2. The quantitative estimate of drug-likeness (QED) is 0.267. The summed E-state index contributed by atoms with van der Waals surface area (Å²) in [6.45, 7) is 2.00. The minimum absolute atomic E-state index is 0.0497. The summed E-state index contributed by atoms with van der Waals surface area (Å²) in [5.74, 6) is -0.0140. The average Bonchev–Trinajstić information content (AvgIpc) is 2.95. The van der Waals surface area contributed by atoms with Crippen LogP contribution in [-0.4, -0.2) is 34.7 Å². The highest BCUT2D eigenvalue weighted by Crippen LogP contribution is 2.13. The topological polar surface area (TPSA) is 40.6 Å². The Bertz CT molecular complexity index is 1210. The van der Waals surface area contributed by atoms with Gasteiger partial charge >= 0.3 is 0 Å². The molecule has 0 aliphatic carbocycles. The number of carbonyl (C=O) groups is 2. The summed E-state index contributed by atoms with van der Waals surface area (Å²) in [6.07, 6.45) is 1.06. The second-order valence-electron chi connectivity index (χ2n) is 8.86. The summed E-state index contributed by atoms with van der Waals surface area (Å²) in [5.41, 5.74) is 3.97. The second kappa shape index (κ2) is 13.1. The third-order valence-electron chi connectivity index (χ3n) is 6.20. The Morgan fingerprint density at radius 3 is 1.47 bits per heavy atom. The van der Waals surface area contributed by atoms with E-state index in [4.69, 9.17) is 0 Å². The third-order valence-corrected chi connectivity index (χ3v) is 6.20. The Morgan fingerprint density at radius 2 is 0.944 bits per heavy atom. The second-order valence-corrected chi connectivity index (χ2v) is 8.86. The van der Waals surface area contributed by atoms with Crippen molar-refractivity contribution in [3.05, 3.63) is 144 Å². The summed E-state index contributed by atoms with van der Waals surface area (Å²) < 4.78 is 0. The third kappa shape index (κ3) is 7.41. The van der Waals surface area contributed by atoms with Gasteiger partial charge in [-0.25, -0.2) is 0 Å². The van der Waals surface area contributed by atoms with E-state index in [1.54, 1.807) is 4.90 Å². The lowest BCUT2D eigenvalue weighted by molar-refractivity contribution is -0.132. The highest BCUT2D eigenvalue weighted by molar-refractivity contribution is 5.94. The Morgan fingerprint density at radius 1 is 0.500 bits per heavy atom. The fourth-order valence-corrected chi connectivity index (χ4v) is 4.21. The number of benzene rings is 4. The Labute approximate surface area is 213 Å². The molecule has 0 fully saturated rings. The predicted molar refractivity (Wildman–Crippen MR) is 144 cm³/mol. The highest BCUT2D eigenvalue weighted by atomic mass is 16.2. The van der Waals surface area contributed by atoms with Gasteiger partial charge in [-0.05, 0) is 35.2 Å². The van der Waals surface area contributed by atoms with Crippen molar-refractivity contribution < 1.29 is 9.59 Å². The Kier molecular flexibility index (Phi) is 9.04. The summed E-state index contributed by atoms with van der Waals surface area (Å²) in [6, 6.07) is 39.5. The van der Waals surface area contributed by atoms with Crippen molar-refractivity contribution >= 4 is 11.8 Å². The van der Waals surface area contributed by atoms with Crippen LogP contribution in [0.5, 0.6) is 0 Å². The van der Waals surface area contributed by atoms with Crippen LogP contribution in [0.15, 0.2) is 121 Å². The number of carbonyl (C=O) groups excluding carboxylic acids is 2. The molecule has 182 valence electrons. The van der Waals surface area contributed by atoms with Crippen LogP contribution in [0, 0.1) is 0 Å². The number of nitrogens with zero attached hydrogens (tertiary/aromatic N) is 2. The van der Waals surface area contributed by atoms with Crippen LogP contribution in [0.3, 0.4) is 0 Å². The lowest BCUT2D eigenvalue weighted by Crippen LogP contribution is -2.37. The zero-order valence-corrected chi connectivity index (χ0v) is 20.5. The minimum atomic E-state index is -0.0638. The fraction of sp³-hybridized carbons (Fsp3) is 0.188. The molecule has 36 heavy (non-hydrogen) atoms. The molecule has 4 nitrogen and oxygen atoms in total. The van der Waals surface area contributed by atoms with Crippen molar-refractivity contribution in [2.75, 3.05) is 13.1 Å². The number of hydrogen-bond acceptors (Lipinski definition) is 2. The summed E-state index contributed by atoms with van der Waals surface area (Å²) in [5, 5.41) is 0. The van der Waals surface area contributed by atoms with Crippen molar-refractivity contribution in [1.29, 1.82) is 0 Å². The Balaban J connectivity index is 1.47. The molecule has 0 radical (unpaired) electrons. The molecule has 0 unspecified atom stereocenters. The largest absolute Gasteiger partial charge is 0.338 e. The van der Waals surface area contributed by atoms with E-state index in [0.717, 1.165) is 17.5 Å². The van der Waals surface area contributed by atoms with E-state index >= 15 is 0 Å². The normalized spacial score (nSPS) is 10.6. The molecule has 0 spiro atoms. The lowest BCUT2D eigenvalue weighted by atomic mass is 10.1. The van der Waals surface area contributed by atoms with Gasteiger partial charge in [0, 0.05) is 38.2 Å². The van der Waals surface area contributed by atoms with Crippen molar-refractivity contribution in [2.24, 2.45) is 0 Å². The van der Waals surface area contributed by atoms with Gasteiger partial charge in [-0.2, -0.15) is 0 Å². The van der Waals surface area contributed by atoms with Crippen LogP contribution in [0.25, 0.3) is 0 Å². The average molecular weight is 477 g/mol. The molecule has 0 atom stereocenters. The maximum Gasteiger partial charge on any atom is 0.254 e. The molecule has 4 aromatic rings. The van der Waals surface area contributed by atoms with Crippen LogP contribution in [-0.2, 0) is 24.3 Å². The summed E-state index contributed by atoms with van der Waals surface area (Å²) in [4.78, 5) is 30.5. The highest BCUT2D eigenvalue weighted by Gasteiger charge is 2.20. The SMILES string of the molecule is O=C(CCN(Cc1ccccc1)C(=O)c1ccccc1)N(CCc1ccccc1)Cc1ccccc1. The number of amides is 2. The molecule has 0 aliphatic heterocycles. The standard InChI is InChI=1S/C32H32N2O2/c35-31(33(25-28-15-7-2-8-16-28)23-21-27-13-5-1-6-14-27)22-24-34(26-29-17-9-3-10-18-29)32(36)30-19-11-4-12-20-30/h1-20H,21-26H2. The minimum Gasteiger partial charge on any atom is -0.338 e. The molecule has 0 aromatic heterocycles. The van der Waals surface area contributed by atoms with Gasteiger partial charge in [-0.1, -0.05) is 109 Å². The maximum absolute atomic E-state index is 13.5. The first-order valence-corrected chi connectivity index (χ1v) is 12.4. The van der Waals surface area contributed by atoms with Crippen LogP contribution >= 0.6 is 0 Å². The molecule has 2 amide bonds. The first-order valence-electron chi connectivity index (χ1n) is 12.4. The number of rotatable bonds is 11. The fourth-order valence-electron chi connectivity index (χ4n) is 4.21. The van der Waals surface area contributed by atoms with Gasteiger partial charge in [-0.3, -0.25) is 9.59 Å². The zero-order chi connectivity index (χ0) is 25.0. The van der Waals surface area contributed by atoms with Gasteiger partial charge < -0.3 is 9.80 Å². The van der Waals surface area contributed by atoms with Gasteiger partial charge in [0.1, 0.15) is 0 Å². The van der Waals surface area contributed by atoms with Crippen molar-refractivity contribution in [3.63, 3.8) is 0 Å². The number of hydrogen-bond donors (Lipinski definition) is 0. The van der Waals surface area contributed by atoms with E-state index < -0.39 is 0 Å². The Hall–Kier alpha value is -4.18. The van der Waals surface area contributed by atoms with Gasteiger partial charge in [-0.15, -0.1) is 0 Å². The van der Waals surface area contributed by atoms with Crippen LogP contribution in [0.1, 0.15) is 33.5 Å². The monoisotopic (exact) mass is 476 g/mol. The van der Waals surface area contributed by atoms with Gasteiger partial charge in [0.2, 0.25) is 5.91 Å². The maximum atomic E-state index is 13.5.